The highest BCUT2D eigenvalue weighted by molar-refractivity contribution is 4.77. The molecule has 0 spiro atoms. The zero-order valence-corrected chi connectivity index (χ0v) is 6.48. The van der Waals surface area contributed by atoms with Gasteiger partial charge in [0.15, 0.2) is 0 Å². The second-order valence-electron chi connectivity index (χ2n) is 3.20. The lowest BCUT2D eigenvalue weighted by atomic mass is 10.0. The van der Waals surface area contributed by atoms with E-state index in [1.165, 1.54) is 25.8 Å². The first kappa shape index (κ1) is 7.07. The summed E-state index contributed by atoms with van der Waals surface area (Å²) in [5, 5.41) is 3.45. The third kappa shape index (κ3) is 1.98. The minimum absolute atomic E-state index is 0.779. The topological polar surface area (TPSA) is 12.0 Å². The molecule has 1 heterocycles. The van der Waals surface area contributed by atoms with E-state index in [2.05, 4.69) is 19.2 Å². The molecule has 0 aromatic heterocycles. The molecular weight excluding hydrogens is 110 g/mol. The molecule has 0 bridgehead atoms. The molecule has 2 unspecified atom stereocenters. The van der Waals surface area contributed by atoms with Crippen molar-refractivity contribution in [1.82, 2.24) is 5.32 Å². The van der Waals surface area contributed by atoms with E-state index in [1.54, 1.807) is 0 Å². The molecule has 0 saturated carbocycles. The van der Waals surface area contributed by atoms with Crippen LogP contribution >= 0.6 is 0 Å². The molecule has 0 radical (unpaired) electrons. The molecule has 1 nitrogen and oxygen atoms in total. The minimum Gasteiger partial charge on any atom is -0.314 e. The van der Waals surface area contributed by atoms with E-state index < -0.39 is 0 Å². The van der Waals surface area contributed by atoms with Gasteiger partial charge in [0.1, 0.15) is 0 Å². The summed E-state index contributed by atoms with van der Waals surface area (Å²) >= 11 is 0. The molecule has 0 amide bonds. The van der Waals surface area contributed by atoms with Crippen molar-refractivity contribution in [2.24, 2.45) is 5.92 Å². The molecule has 2 atom stereocenters. The van der Waals surface area contributed by atoms with Gasteiger partial charge in [-0.1, -0.05) is 13.3 Å². The molecular formula is C8H17N. The van der Waals surface area contributed by atoms with Crippen LogP contribution in [0.4, 0.5) is 0 Å². The summed E-state index contributed by atoms with van der Waals surface area (Å²) in [5.41, 5.74) is 0. The number of rotatable bonds is 2. The van der Waals surface area contributed by atoms with Crippen LogP contribution in [-0.2, 0) is 0 Å². The summed E-state index contributed by atoms with van der Waals surface area (Å²) in [4.78, 5) is 0. The van der Waals surface area contributed by atoms with Crippen LogP contribution in [0.25, 0.3) is 0 Å². The van der Waals surface area contributed by atoms with E-state index in [0.29, 0.717) is 0 Å². The standard InChI is InChI=1S/C8H17N/c1-3-4-8-5-7(2)9-6-8/h7-9H,3-6H2,1-2H3. The minimum atomic E-state index is 0.779. The van der Waals surface area contributed by atoms with Crippen molar-refractivity contribution >= 4 is 0 Å². The molecule has 1 aliphatic heterocycles. The van der Waals surface area contributed by atoms with Gasteiger partial charge in [-0.2, -0.15) is 0 Å². The maximum Gasteiger partial charge on any atom is 0.00419 e. The second-order valence-corrected chi connectivity index (χ2v) is 3.20. The van der Waals surface area contributed by atoms with Crippen molar-refractivity contribution in [1.29, 1.82) is 0 Å². The van der Waals surface area contributed by atoms with Gasteiger partial charge in [0.2, 0.25) is 0 Å². The maximum absolute atomic E-state index is 3.45. The van der Waals surface area contributed by atoms with Crippen LogP contribution in [0.1, 0.15) is 33.1 Å². The van der Waals surface area contributed by atoms with Crippen molar-refractivity contribution in [3.8, 4) is 0 Å². The first-order valence-corrected chi connectivity index (χ1v) is 4.06. The fraction of sp³-hybridized carbons (Fsp3) is 1.00. The lowest BCUT2D eigenvalue weighted by molar-refractivity contribution is 0.515. The summed E-state index contributed by atoms with van der Waals surface area (Å²) in [6, 6.07) is 0.779. The van der Waals surface area contributed by atoms with E-state index in [1.807, 2.05) is 0 Å². The molecule has 1 rings (SSSR count). The van der Waals surface area contributed by atoms with Gasteiger partial charge >= 0.3 is 0 Å². The number of hydrogen-bond acceptors (Lipinski definition) is 1. The largest absolute Gasteiger partial charge is 0.314 e. The lowest BCUT2D eigenvalue weighted by Crippen LogP contribution is -2.16. The van der Waals surface area contributed by atoms with Crippen molar-refractivity contribution in [3.05, 3.63) is 0 Å². The molecule has 0 aromatic rings. The Labute approximate surface area is 57.8 Å². The summed E-state index contributed by atoms with van der Waals surface area (Å²) < 4.78 is 0. The Morgan fingerprint density at radius 2 is 2.33 bits per heavy atom. The first-order chi connectivity index (χ1) is 4.33. The average Bonchev–Trinajstić information content (AvgIpc) is 2.17. The molecule has 1 aliphatic rings. The smallest absolute Gasteiger partial charge is 0.00419 e. The van der Waals surface area contributed by atoms with Gasteiger partial charge in [-0.15, -0.1) is 0 Å². The maximum atomic E-state index is 3.45. The SMILES string of the molecule is CCCC1CNC(C)C1. The highest BCUT2D eigenvalue weighted by Crippen LogP contribution is 2.17. The highest BCUT2D eigenvalue weighted by atomic mass is 14.9. The molecule has 0 aliphatic carbocycles. The van der Waals surface area contributed by atoms with Crippen molar-refractivity contribution in [3.63, 3.8) is 0 Å². The molecule has 54 valence electrons. The van der Waals surface area contributed by atoms with Crippen molar-refractivity contribution in [2.75, 3.05) is 6.54 Å². The first-order valence-electron chi connectivity index (χ1n) is 4.06. The molecule has 1 N–H and O–H groups in total. The van der Waals surface area contributed by atoms with E-state index in [-0.39, 0.29) is 0 Å². The Kier molecular flexibility index (Phi) is 2.52. The Bertz CT molecular complexity index is 78.6. The van der Waals surface area contributed by atoms with Crippen molar-refractivity contribution in [2.45, 2.75) is 39.2 Å². The van der Waals surface area contributed by atoms with Gasteiger partial charge in [-0.3, -0.25) is 0 Å². The third-order valence-corrected chi connectivity index (χ3v) is 2.14. The molecule has 1 saturated heterocycles. The van der Waals surface area contributed by atoms with Gasteiger partial charge in [0, 0.05) is 6.04 Å². The van der Waals surface area contributed by atoms with Gasteiger partial charge in [-0.25, -0.2) is 0 Å². The van der Waals surface area contributed by atoms with Crippen LogP contribution in [0.15, 0.2) is 0 Å². The highest BCUT2D eigenvalue weighted by Gasteiger charge is 2.18. The predicted molar refractivity (Wildman–Crippen MR) is 40.5 cm³/mol. The summed E-state index contributed by atoms with van der Waals surface area (Å²) in [6.45, 7) is 5.80. The third-order valence-electron chi connectivity index (χ3n) is 2.14. The quantitative estimate of drug-likeness (QED) is 0.596. The summed E-state index contributed by atoms with van der Waals surface area (Å²) in [5.74, 6) is 0.977. The Hall–Kier alpha value is -0.0400. The predicted octanol–water partition coefficient (Wildman–Crippen LogP) is 1.78. The van der Waals surface area contributed by atoms with Gasteiger partial charge in [0.25, 0.3) is 0 Å². The van der Waals surface area contributed by atoms with E-state index >= 15 is 0 Å². The van der Waals surface area contributed by atoms with Crippen LogP contribution in [0, 0.1) is 5.92 Å². The Morgan fingerprint density at radius 3 is 2.78 bits per heavy atom. The molecule has 0 aromatic carbocycles. The van der Waals surface area contributed by atoms with E-state index in [4.69, 9.17) is 0 Å². The van der Waals surface area contributed by atoms with Crippen LogP contribution in [0.3, 0.4) is 0 Å². The van der Waals surface area contributed by atoms with E-state index in [0.717, 1.165) is 12.0 Å². The zero-order chi connectivity index (χ0) is 6.69. The lowest BCUT2D eigenvalue weighted by Gasteiger charge is -2.03. The van der Waals surface area contributed by atoms with Gasteiger partial charge < -0.3 is 5.32 Å². The van der Waals surface area contributed by atoms with Crippen LogP contribution in [0.2, 0.25) is 0 Å². The second kappa shape index (κ2) is 3.21. The summed E-state index contributed by atoms with van der Waals surface area (Å²) in [7, 11) is 0. The Balaban J connectivity index is 2.14. The summed E-state index contributed by atoms with van der Waals surface area (Å²) in [6.07, 6.45) is 4.16. The zero-order valence-electron chi connectivity index (χ0n) is 6.48. The monoisotopic (exact) mass is 127 g/mol. The van der Waals surface area contributed by atoms with E-state index in [9.17, 15) is 0 Å². The molecule has 1 fully saturated rings. The van der Waals surface area contributed by atoms with Crippen molar-refractivity contribution < 1.29 is 0 Å². The number of hydrogen-bond donors (Lipinski definition) is 1. The Morgan fingerprint density at radius 1 is 1.56 bits per heavy atom. The van der Waals surface area contributed by atoms with Crippen LogP contribution in [-0.4, -0.2) is 12.6 Å². The van der Waals surface area contributed by atoms with Gasteiger partial charge in [-0.05, 0) is 32.2 Å². The van der Waals surface area contributed by atoms with Crippen LogP contribution < -0.4 is 5.32 Å². The fourth-order valence-corrected chi connectivity index (χ4v) is 1.66. The normalized spacial score (nSPS) is 35.3. The van der Waals surface area contributed by atoms with Crippen LogP contribution in [0.5, 0.6) is 0 Å². The van der Waals surface area contributed by atoms with Gasteiger partial charge in [0.05, 0.1) is 0 Å². The molecule has 1 heteroatoms. The molecule has 9 heavy (non-hydrogen) atoms. The fourth-order valence-electron chi connectivity index (χ4n) is 1.66. The average molecular weight is 127 g/mol. The number of nitrogens with one attached hydrogen (secondary N) is 1.